The van der Waals surface area contributed by atoms with Gasteiger partial charge in [0, 0.05) is 12.7 Å². The van der Waals surface area contributed by atoms with E-state index in [0.29, 0.717) is 0 Å². The van der Waals surface area contributed by atoms with Gasteiger partial charge in [-0.1, -0.05) is 0 Å². The highest BCUT2D eigenvalue weighted by Crippen LogP contribution is 2.17. The molecule has 0 bridgehead atoms. The maximum atomic E-state index is 11.8. The number of amides is 1. The van der Waals surface area contributed by atoms with Crippen molar-refractivity contribution in [1.29, 1.82) is 0 Å². The molecule has 2 N–H and O–H groups in total. The van der Waals surface area contributed by atoms with Crippen molar-refractivity contribution in [3.63, 3.8) is 0 Å². The van der Waals surface area contributed by atoms with Crippen molar-refractivity contribution < 1.29 is 23.1 Å². The van der Waals surface area contributed by atoms with Crippen LogP contribution in [0.3, 0.4) is 0 Å². The Bertz CT molecular complexity index is 617. The van der Waals surface area contributed by atoms with Gasteiger partial charge in [-0.15, -0.1) is 4.40 Å². The monoisotopic (exact) mass is 285 g/mol. The number of carboxylic acids is 1. The zero-order valence-corrected chi connectivity index (χ0v) is 10.6. The Morgan fingerprint density at radius 3 is 2.89 bits per heavy atom. The minimum Gasteiger partial charge on any atom is -0.480 e. The second kappa shape index (κ2) is 4.84. The van der Waals surface area contributed by atoms with Gasteiger partial charge in [-0.05, 0) is 12.2 Å². The summed E-state index contributed by atoms with van der Waals surface area (Å²) in [5.41, 5.74) is 0.0343. The average Bonchev–Trinajstić information content (AvgIpc) is 2.34. The van der Waals surface area contributed by atoms with Gasteiger partial charge >= 0.3 is 5.97 Å². The van der Waals surface area contributed by atoms with Crippen molar-refractivity contribution in [3.8, 4) is 0 Å². The molecule has 0 unspecified atom stereocenters. The van der Waals surface area contributed by atoms with Crippen LogP contribution in [0.25, 0.3) is 0 Å². The summed E-state index contributed by atoms with van der Waals surface area (Å²) in [5.74, 6) is -1.95. The van der Waals surface area contributed by atoms with Gasteiger partial charge in [-0.2, -0.15) is 0 Å². The Balaban J connectivity index is 2.27. The normalized spacial score (nSPS) is 20.1. The largest absolute Gasteiger partial charge is 0.480 e. The van der Waals surface area contributed by atoms with Gasteiger partial charge in [-0.25, -0.2) is 8.42 Å². The lowest BCUT2D eigenvalue weighted by Gasteiger charge is -2.28. The zero-order valence-electron chi connectivity index (χ0n) is 9.74. The quantitative estimate of drug-likeness (QED) is 0.664. The van der Waals surface area contributed by atoms with Crippen LogP contribution in [0.15, 0.2) is 28.3 Å². The number of carbonyl (C=O) groups excluding carboxylic acids is 1. The second-order valence-corrected chi connectivity index (χ2v) is 5.65. The standard InChI is InChI=1S/C10H11N3O5S/c14-8(15)6-11-10(16)7-2-1-3-13-4-5-19(17,18)12-9(7)13/h1-3H,4-6H2,(H,11,16)(H,14,15). The first-order valence-corrected chi connectivity index (χ1v) is 6.98. The highest BCUT2D eigenvalue weighted by atomic mass is 32.2. The van der Waals surface area contributed by atoms with Crippen molar-refractivity contribution in [2.45, 2.75) is 0 Å². The molecule has 2 aliphatic heterocycles. The summed E-state index contributed by atoms with van der Waals surface area (Å²) in [7, 11) is -3.58. The van der Waals surface area contributed by atoms with Gasteiger partial charge in [0.1, 0.15) is 6.54 Å². The molecule has 2 aliphatic rings. The van der Waals surface area contributed by atoms with Crippen molar-refractivity contribution >= 4 is 27.7 Å². The van der Waals surface area contributed by atoms with Crippen LogP contribution < -0.4 is 5.32 Å². The van der Waals surface area contributed by atoms with E-state index in [0.717, 1.165) is 0 Å². The first-order valence-electron chi connectivity index (χ1n) is 5.37. The zero-order chi connectivity index (χ0) is 14.0. The number of nitrogens with one attached hydrogen (secondary N) is 1. The lowest BCUT2D eigenvalue weighted by molar-refractivity contribution is -0.137. The van der Waals surface area contributed by atoms with E-state index in [1.165, 1.54) is 11.0 Å². The first-order chi connectivity index (χ1) is 8.89. The Hall–Kier alpha value is -2.16. The van der Waals surface area contributed by atoms with Crippen molar-refractivity contribution in [2.24, 2.45) is 4.40 Å². The summed E-state index contributed by atoms with van der Waals surface area (Å²) >= 11 is 0. The Kier molecular flexibility index (Phi) is 3.38. The van der Waals surface area contributed by atoms with Crippen LogP contribution in [0.5, 0.6) is 0 Å². The fraction of sp³-hybridized carbons (Fsp3) is 0.300. The van der Waals surface area contributed by atoms with Crippen molar-refractivity contribution in [2.75, 3.05) is 18.8 Å². The molecular formula is C10H11N3O5S. The van der Waals surface area contributed by atoms with Crippen molar-refractivity contribution in [1.82, 2.24) is 10.2 Å². The van der Waals surface area contributed by atoms with E-state index in [4.69, 9.17) is 5.11 Å². The number of amidine groups is 1. The lowest BCUT2D eigenvalue weighted by Crippen LogP contribution is -2.43. The Morgan fingerprint density at radius 2 is 2.21 bits per heavy atom. The van der Waals surface area contributed by atoms with Gasteiger partial charge in [0.15, 0.2) is 5.84 Å². The predicted octanol–water partition coefficient (Wildman–Crippen LogP) is -1.32. The Labute approximate surface area is 109 Å². The molecule has 0 saturated heterocycles. The van der Waals surface area contributed by atoms with Crippen LogP contribution in [0.4, 0.5) is 0 Å². The molecule has 0 fully saturated rings. The molecule has 0 aromatic rings. The molecule has 1 amide bonds. The topological polar surface area (TPSA) is 116 Å². The number of fused-ring (bicyclic) bond motifs is 1. The SMILES string of the molecule is O=C(O)CNC(=O)C1=CC=CN2CCS(=O)(=O)N=C12. The van der Waals surface area contributed by atoms with Crippen LogP contribution in [0.2, 0.25) is 0 Å². The summed E-state index contributed by atoms with van der Waals surface area (Å²) in [6, 6.07) is 0. The number of allylic oxidation sites excluding steroid dienone is 2. The molecule has 9 heteroatoms. The van der Waals surface area contributed by atoms with Gasteiger partial charge in [0.25, 0.3) is 15.9 Å². The fourth-order valence-electron chi connectivity index (χ4n) is 1.64. The molecule has 8 nitrogen and oxygen atoms in total. The second-order valence-electron chi connectivity index (χ2n) is 3.89. The summed E-state index contributed by atoms with van der Waals surface area (Å²) in [4.78, 5) is 23.7. The fourth-order valence-corrected chi connectivity index (χ4v) is 2.63. The van der Waals surface area contributed by atoms with Crippen molar-refractivity contribution in [3.05, 3.63) is 23.9 Å². The van der Waals surface area contributed by atoms with Crippen LogP contribution in [0.1, 0.15) is 0 Å². The van der Waals surface area contributed by atoms with E-state index in [1.807, 2.05) is 0 Å². The van der Waals surface area contributed by atoms with Gasteiger partial charge in [0.2, 0.25) is 0 Å². The molecule has 0 aliphatic carbocycles. The molecule has 19 heavy (non-hydrogen) atoms. The predicted molar refractivity (Wildman–Crippen MR) is 65.8 cm³/mol. The van der Waals surface area contributed by atoms with Gasteiger partial charge in [-0.3, -0.25) is 9.59 Å². The third-order valence-corrected chi connectivity index (χ3v) is 3.65. The first kappa shape index (κ1) is 13.3. The van der Waals surface area contributed by atoms with E-state index < -0.39 is 28.4 Å². The molecular weight excluding hydrogens is 274 g/mol. The molecule has 0 atom stereocenters. The van der Waals surface area contributed by atoms with E-state index in [9.17, 15) is 18.0 Å². The average molecular weight is 285 g/mol. The maximum absolute atomic E-state index is 11.8. The maximum Gasteiger partial charge on any atom is 0.322 e. The number of rotatable bonds is 3. The molecule has 2 heterocycles. The minimum atomic E-state index is -3.58. The number of sulfonamides is 1. The molecule has 2 rings (SSSR count). The van der Waals surface area contributed by atoms with E-state index >= 15 is 0 Å². The third-order valence-electron chi connectivity index (χ3n) is 2.50. The smallest absolute Gasteiger partial charge is 0.322 e. The molecule has 0 aromatic heterocycles. The number of nitrogens with zero attached hydrogens (tertiary/aromatic N) is 2. The summed E-state index contributed by atoms with van der Waals surface area (Å²) < 4.78 is 26.4. The van der Waals surface area contributed by atoms with Crippen LogP contribution in [-0.2, 0) is 19.6 Å². The van der Waals surface area contributed by atoms with Gasteiger partial charge < -0.3 is 15.3 Å². The number of hydrogen-bond acceptors (Lipinski definition) is 5. The van der Waals surface area contributed by atoms with E-state index in [-0.39, 0.29) is 23.7 Å². The summed E-state index contributed by atoms with van der Waals surface area (Å²) in [5, 5.41) is 10.7. The number of aliphatic carboxylic acids is 1. The van der Waals surface area contributed by atoms with Crippen LogP contribution >= 0.6 is 0 Å². The lowest BCUT2D eigenvalue weighted by atomic mass is 10.1. The van der Waals surface area contributed by atoms with Crippen LogP contribution in [0, 0.1) is 0 Å². The molecule has 0 spiro atoms. The number of carbonyl (C=O) groups is 2. The summed E-state index contributed by atoms with van der Waals surface area (Å²) in [6.45, 7) is -0.332. The van der Waals surface area contributed by atoms with E-state index in [2.05, 4.69) is 9.71 Å². The highest BCUT2D eigenvalue weighted by molar-refractivity contribution is 7.90. The van der Waals surface area contributed by atoms with E-state index in [1.54, 1.807) is 12.3 Å². The molecule has 0 radical (unpaired) electrons. The summed E-state index contributed by atoms with van der Waals surface area (Å²) in [6.07, 6.45) is 4.58. The van der Waals surface area contributed by atoms with Crippen LogP contribution in [-0.4, -0.2) is 55.0 Å². The third kappa shape index (κ3) is 2.99. The number of hydrogen-bond donors (Lipinski definition) is 2. The molecule has 0 aromatic carbocycles. The minimum absolute atomic E-state index is 0.0247. The Morgan fingerprint density at radius 1 is 1.47 bits per heavy atom. The van der Waals surface area contributed by atoms with Gasteiger partial charge in [0.05, 0.1) is 11.3 Å². The number of carboxylic acid groups (broad SMARTS) is 1. The highest BCUT2D eigenvalue weighted by Gasteiger charge is 2.29. The molecule has 0 saturated carbocycles. The molecule has 102 valence electrons.